The molecule has 0 bridgehead atoms. The van der Waals surface area contributed by atoms with E-state index in [0.717, 1.165) is 24.1 Å². The molecule has 0 fully saturated rings. The summed E-state index contributed by atoms with van der Waals surface area (Å²) in [6, 6.07) is 8.43. The van der Waals surface area contributed by atoms with Gasteiger partial charge in [0.1, 0.15) is 0 Å². The summed E-state index contributed by atoms with van der Waals surface area (Å²) in [4.78, 5) is 11.9. The van der Waals surface area contributed by atoms with E-state index in [2.05, 4.69) is 46.7 Å². The number of aromatic nitrogens is 2. The summed E-state index contributed by atoms with van der Waals surface area (Å²) in [6.07, 6.45) is 2.26. The number of benzene rings is 1. The Kier molecular flexibility index (Phi) is 4.56. The van der Waals surface area contributed by atoms with Gasteiger partial charge in [0.05, 0.1) is 0 Å². The Morgan fingerprint density at radius 1 is 1.20 bits per heavy atom. The van der Waals surface area contributed by atoms with Gasteiger partial charge in [-0.1, -0.05) is 31.2 Å². The third-order valence-electron chi connectivity index (χ3n) is 3.58. The Balaban J connectivity index is 1.87. The quantitative estimate of drug-likeness (QED) is 0.877. The lowest BCUT2D eigenvalue weighted by atomic mass is 10.1. The molecular formula is C16H21N3O. The van der Waals surface area contributed by atoms with Gasteiger partial charge < -0.3 is 5.32 Å². The lowest BCUT2D eigenvalue weighted by molar-refractivity contribution is -0.116. The van der Waals surface area contributed by atoms with Crippen LogP contribution in [0.1, 0.15) is 35.7 Å². The fraction of sp³-hybridized carbons (Fsp3) is 0.375. The van der Waals surface area contributed by atoms with Crippen molar-refractivity contribution in [2.45, 2.75) is 40.0 Å². The van der Waals surface area contributed by atoms with Crippen molar-refractivity contribution < 1.29 is 4.79 Å². The fourth-order valence-electron chi connectivity index (χ4n) is 2.00. The molecule has 0 spiro atoms. The molecule has 1 aromatic heterocycles. The first-order valence-electron chi connectivity index (χ1n) is 6.99. The summed E-state index contributed by atoms with van der Waals surface area (Å²) in [5, 5.41) is 9.78. The van der Waals surface area contributed by atoms with E-state index >= 15 is 0 Å². The van der Waals surface area contributed by atoms with E-state index < -0.39 is 0 Å². The van der Waals surface area contributed by atoms with Gasteiger partial charge in [0.2, 0.25) is 5.91 Å². The number of rotatable bonds is 5. The highest BCUT2D eigenvalue weighted by atomic mass is 16.1. The first-order valence-corrected chi connectivity index (χ1v) is 6.99. The molecule has 20 heavy (non-hydrogen) atoms. The maximum absolute atomic E-state index is 11.9. The Hall–Kier alpha value is -2.10. The van der Waals surface area contributed by atoms with Crippen molar-refractivity contribution in [2.24, 2.45) is 0 Å². The number of nitrogens with zero attached hydrogens (tertiary/aromatic N) is 1. The smallest absolute Gasteiger partial charge is 0.225 e. The van der Waals surface area contributed by atoms with Crippen LogP contribution in [0.3, 0.4) is 0 Å². The molecule has 1 amide bonds. The minimum Gasteiger partial charge on any atom is -0.309 e. The Morgan fingerprint density at radius 2 is 1.85 bits per heavy atom. The average molecular weight is 271 g/mol. The number of aromatic amines is 1. The molecule has 0 saturated heterocycles. The predicted octanol–water partition coefficient (Wildman–Crippen LogP) is 3.16. The molecule has 106 valence electrons. The van der Waals surface area contributed by atoms with Gasteiger partial charge in [0.15, 0.2) is 5.82 Å². The van der Waals surface area contributed by atoms with E-state index in [-0.39, 0.29) is 5.91 Å². The van der Waals surface area contributed by atoms with Crippen LogP contribution >= 0.6 is 0 Å². The highest BCUT2D eigenvalue weighted by Crippen LogP contribution is 2.14. The van der Waals surface area contributed by atoms with Gasteiger partial charge in [-0.3, -0.25) is 9.89 Å². The second kappa shape index (κ2) is 6.37. The molecule has 0 radical (unpaired) electrons. The number of H-pyrrole nitrogens is 1. The molecule has 0 unspecified atom stereocenters. The minimum atomic E-state index is -0.000770. The molecule has 1 aromatic carbocycles. The maximum atomic E-state index is 11.9. The number of amides is 1. The number of carbonyl (C=O) groups is 1. The summed E-state index contributed by atoms with van der Waals surface area (Å²) < 4.78 is 0. The lowest BCUT2D eigenvalue weighted by Crippen LogP contribution is -2.13. The second-order valence-electron chi connectivity index (χ2n) is 5.04. The van der Waals surface area contributed by atoms with E-state index in [9.17, 15) is 4.79 Å². The van der Waals surface area contributed by atoms with Crippen LogP contribution in [0.4, 0.5) is 5.82 Å². The summed E-state index contributed by atoms with van der Waals surface area (Å²) in [5.74, 6) is 0.632. The molecule has 2 aromatic rings. The Labute approximate surface area is 119 Å². The van der Waals surface area contributed by atoms with Gasteiger partial charge in [-0.15, -0.1) is 0 Å². The molecule has 4 heteroatoms. The molecule has 1 heterocycles. The monoisotopic (exact) mass is 271 g/mol. The van der Waals surface area contributed by atoms with Crippen LogP contribution in [0.5, 0.6) is 0 Å². The van der Waals surface area contributed by atoms with Crippen LogP contribution in [-0.2, 0) is 17.6 Å². The van der Waals surface area contributed by atoms with Gasteiger partial charge in [0, 0.05) is 17.7 Å². The van der Waals surface area contributed by atoms with Gasteiger partial charge in [-0.25, -0.2) is 0 Å². The number of hydrogen-bond donors (Lipinski definition) is 2. The van der Waals surface area contributed by atoms with Crippen LogP contribution in [0.2, 0.25) is 0 Å². The first-order chi connectivity index (χ1) is 9.60. The van der Waals surface area contributed by atoms with E-state index in [4.69, 9.17) is 0 Å². The number of carbonyl (C=O) groups excluding carboxylic acids is 1. The summed E-state index contributed by atoms with van der Waals surface area (Å²) in [7, 11) is 0. The zero-order valence-corrected chi connectivity index (χ0v) is 12.3. The molecule has 0 aliphatic rings. The van der Waals surface area contributed by atoms with Crippen LogP contribution in [0.15, 0.2) is 24.3 Å². The largest absolute Gasteiger partial charge is 0.309 e. The van der Waals surface area contributed by atoms with Crippen molar-refractivity contribution in [3.8, 4) is 0 Å². The zero-order chi connectivity index (χ0) is 14.5. The van der Waals surface area contributed by atoms with E-state index in [1.165, 1.54) is 11.1 Å². The van der Waals surface area contributed by atoms with E-state index in [1.807, 2.05) is 13.8 Å². The van der Waals surface area contributed by atoms with Crippen molar-refractivity contribution in [3.63, 3.8) is 0 Å². The van der Waals surface area contributed by atoms with Crippen LogP contribution in [0.25, 0.3) is 0 Å². The average Bonchev–Trinajstić information content (AvgIpc) is 2.78. The number of hydrogen-bond acceptors (Lipinski definition) is 2. The number of anilines is 1. The predicted molar refractivity (Wildman–Crippen MR) is 80.8 cm³/mol. The van der Waals surface area contributed by atoms with Crippen molar-refractivity contribution in [1.82, 2.24) is 10.2 Å². The second-order valence-corrected chi connectivity index (χ2v) is 5.04. The van der Waals surface area contributed by atoms with E-state index in [1.54, 1.807) is 0 Å². The molecule has 0 atom stereocenters. The molecule has 2 rings (SSSR count). The SMILES string of the molecule is CCc1ccc(CCC(=O)Nc2n[nH]c(C)c2C)cc1. The van der Waals surface area contributed by atoms with Gasteiger partial charge in [-0.05, 0) is 37.8 Å². The molecule has 2 N–H and O–H groups in total. The highest BCUT2D eigenvalue weighted by Gasteiger charge is 2.09. The maximum Gasteiger partial charge on any atom is 0.225 e. The third kappa shape index (κ3) is 3.47. The van der Waals surface area contributed by atoms with Crippen LogP contribution in [0, 0.1) is 13.8 Å². The summed E-state index contributed by atoms with van der Waals surface area (Å²) in [6.45, 7) is 6.02. The molecule has 4 nitrogen and oxygen atoms in total. The highest BCUT2D eigenvalue weighted by molar-refractivity contribution is 5.90. The summed E-state index contributed by atoms with van der Waals surface area (Å²) >= 11 is 0. The van der Waals surface area contributed by atoms with E-state index in [0.29, 0.717) is 12.2 Å². The fourth-order valence-corrected chi connectivity index (χ4v) is 2.00. The standard InChI is InChI=1S/C16H21N3O/c1-4-13-5-7-14(8-6-13)9-10-15(20)17-16-11(2)12(3)18-19-16/h5-8H,4,9-10H2,1-3H3,(H2,17,18,19,20). The van der Waals surface area contributed by atoms with Gasteiger partial charge >= 0.3 is 0 Å². The molecular weight excluding hydrogens is 250 g/mol. The van der Waals surface area contributed by atoms with Gasteiger partial charge in [-0.2, -0.15) is 5.10 Å². The topological polar surface area (TPSA) is 57.8 Å². The normalized spacial score (nSPS) is 10.6. The number of aryl methyl sites for hydroxylation is 3. The molecule has 0 aliphatic heterocycles. The molecule has 0 aliphatic carbocycles. The Bertz CT molecular complexity index is 584. The van der Waals surface area contributed by atoms with Crippen LogP contribution < -0.4 is 5.32 Å². The van der Waals surface area contributed by atoms with Crippen molar-refractivity contribution in [3.05, 3.63) is 46.6 Å². The zero-order valence-electron chi connectivity index (χ0n) is 12.3. The van der Waals surface area contributed by atoms with Crippen LogP contribution in [-0.4, -0.2) is 16.1 Å². The molecule has 0 saturated carbocycles. The summed E-state index contributed by atoms with van der Waals surface area (Å²) in [5.41, 5.74) is 4.48. The third-order valence-corrected chi connectivity index (χ3v) is 3.58. The van der Waals surface area contributed by atoms with Crippen molar-refractivity contribution in [2.75, 3.05) is 5.32 Å². The number of nitrogens with one attached hydrogen (secondary N) is 2. The minimum absolute atomic E-state index is 0.000770. The lowest BCUT2D eigenvalue weighted by Gasteiger charge is -2.04. The van der Waals surface area contributed by atoms with Gasteiger partial charge in [0.25, 0.3) is 0 Å². The van der Waals surface area contributed by atoms with Crippen molar-refractivity contribution >= 4 is 11.7 Å². The van der Waals surface area contributed by atoms with Crippen molar-refractivity contribution in [1.29, 1.82) is 0 Å². The first kappa shape index (κ1) is 14.3. The Morgan fingerprint density at radius 3 is 2.40 bits per heavy atom.